The number of esters is 4. The van der Waals surface area contributed by atoms with E-state index < -0.39 is 70.4 Å². The topological polar surface area (TPSA) is 175 Å². The Morgan fingerprint density at radius 1 is 0.815 bits per heavy atom. The molecule has 2 N–H and O–H groups in total. The highest BCUT2D eigenvalue weighted by atomic mass is 32.2. The molecule has 0 aliphatic carbocycles. The zero-order valence-electron chi connectivity index (χ0n) is 15.1. The van der Waals surface area contributed by atoms with Crippen molar-refractivity contribution in [3.05, 3.63) is 0 Å². The summed E-state index contributed by atoms with van der Waals surface area (Å²) in [6.07, 6.45) is -6.10. The van der Waals surface area contributed by atoms with Gasteiger partial charge in [0, 0.05) is 27.7 Å². The van der Waals surface area contributed by atoms with Crippen LogP contribution in [-0.2, 0) is 52.9 Å². The van der Waals surface area contributed by atoms with E-state index in [-0.39, 0.29) is 0 Å². The summed E-state index contributed by atoms with van der Waals surface area (Å²) in [5.41, 5.74) is -1.96. The standard InChI is InChI=1S/C14H21NO11S/c1-6(16)22-5-10-11(23-7(2)17)12(24-8(3)18)13(25-9(4)19)14(26-10)27(15,20)21/h10-14H,5H2,1-4H3,(H2,15,20,21)/t10-,11-,12+,13-,14+/m1/s1. The smallest absolute Gasteiger partial charge is 0.303 e. The Balaban J connectivity index is 3.40. The second kappa shape index (κ2) is 9.10. The van der Waals surface area contributed by atoms with E-state index in [1.54, 1.807) is 0 Å². The van der Waals surface area contributed by atoms with Gasteiger partial charge >= 0.3 is 23.9 Å². The van der Waals surface area contributed by atoms with Gasteiger partial charge in [0.15, 0.2) is 18.3 Å². The van der Waals surface area contributed by atoms with Crippen molar-refractivity contribution in [1.29, 1.82) is 0 Å². The minimum atomic E-state index is -4.48. The summed E-state index contributed by atoms with van der Waals surface area (Å²) < 4.78 is 49.0. The lowest BCUT2D eigenvalue weighted by molar-refractivity contribution is -0.238. The van der Waals surface area contributed by atoms with Crippen molar-refractivity contribution in [2.75, 3.05) is 6.61 Å². The molecule has 0 bridgehead atoms. The third kappa shape index (κ3) is 6.77. The summed E-state index contributed by atoms with van der Waals surface area (Å²) in [4.78, 5) is 45.4. The highest BCUT2D eigenvalue weighted by Crippen LogP contribution is 2.30. The maximum Gasteiger partial charge on any atom is 0.303 e. The minimum Gasteiger partial charge on any atom is -0.463 e. The molecule has 154 valence electrons. The molecule has 0 aromatic rings. The second-order valence-corrected chi connectivity index (χ2v) is 7.30. The summed E-state index contributed by atoms with van der Waals surface area (Å²) in [7, 11) is -4.48. The molecule has 1 saturated heterocycles. The summed E-state index contributed by atoms with van der Waals surface area (Å²) in [6, 6.07) is 0. The third-order valence-corrected chi connectivity index (χ3v) is 4.30. The van der Waals surface area contributed by atoms with Crippen LogP contribution in [0.5, 0.6) is 0 Å². The molecule has 0 aromatic heterocycles. The molecule has 0 radical (unpaired) electrons. The van der Waals surface area contributed by atoms with Crippen LogP contribution in [0.4, 0.5) is 0 Å². The molecule has 1 fully saturated rings. The summed E-state index contributed by atoms with van der Waals surface area (Å²) in [6.45, 7) is 3.59. The van der Waals surface area contributed by atoms with E-state index in [0.717, 1.165) is 27.7 Å². The van der Waals surface area contributed by atoms with E-state index in [9.17, 15) is 27.6 Å². The van der Waals surface area contributed by atoms with E-state index >= 15 is 0 Å². The Kier molecular flexibility index (Phi) is 7.68. The van der Waals surface area contributed by atoms with Crippen LogP contribution >= 0.6 is 0 Å². The SMILES string of the molecule is CC(=O)OC[C@H]1O[C@@H](S(N)(=O)=O)[C@H](OC(C)=O)[C@@H](OC(C)=O)[C@@H]1OC(C)=O. The highest BCUT2D eigenvalue weighted by molar-refractivity contribution is 7.89. The fourth-order valence-electron chi connectivity index (χ4n) is 2.45. The van der Waals surface area contributed by atoms with Gasteiger partial charge in [0.05, 0.1) is 0 Å². The van der Waals surface area contributed by atoms with Crippen LogP contribution in [0, 0.1) is 0 Å². The lowest BCUT2D eigenvalue weighted by Gasteiger charge is -2.43. The van der Waals surface area contributed by atoms with Crippen LogP contribution in [-0.4, -0.2) is 68.8 Å². The molecular formula is C14H21NO11S. The first kappa shape index (κ1) is 22.8. The fraction of sp³-hybridized carbons (Fsp3) is 0.714. The maximum atomic E-state index is 11.9. The van der Waals surface area contributed by atoms with Crippen LogP contribution in [0.25, 0.3) is 0 Å². The van der Waals surface area contributed by atoms with E-state index in [0.29, 0.717) is 0 Å². The summed E-state index contributed by atoms with van der Waals surface area (Å²) in [5.74, 6) is -3.35. The number of sulfonamides is 1. The molecular weight excluding hydrogens is 390 g/mol. The quantitative estimate of drug-likeness (QED) is 0.392. The normalized spacial score (nSPS) is 28.0. The Hall–Kier alpha value is -2.25. The molecule has 5 atom stereocenters. The van der Waals surface area contributed by atoms with E-state index in [2.05, 4.69) is 0 Å². The number of rotatable bonds is 6. The van der Waals surface area contributed by atoms with Crippen molar-refractivity contribution in [1.82, 2.24) is 0 Å². The predicted octanol–water partition coefficient (Wildman–Crippen LogP) is -1.64. The van der Waals surface area contributed by atoms with Gasteiger partial charge in [-0.25, -0.2) is 13.6 Å². The summed E-state index contributed by atoms with van der Waals surface area (Å²) in [5, 5.41) is 5.13. The largest absolute Gasteiger partial charge is 0.463 e. The van der Waals surface area contributed by atoms with E-state index in [4.69, 9.17) is 28.8 Å². The first-order chi connectivity index (χ1) is 12.3. The molecule has 0 amide bonds. The number of primary sulfonamides is 1. The van der Waals surface area contributed by atoms with Gasteiger partial charge in [-0.3, -0.25) is 19.2 Å². The Morgan fingerprint density at radius 2 is 1.26 bits per heavy atom. The minimum absolute atomic E-state index is 0.538. The van der Waals surface area contributed by atoms with Crippen LogP contribution in [0.3, 0.4) is 0 Å². The third-order valence-electron chi connectivity index (χ3n) is 3.27. The number of hydrogen-bond acceptors (Lipinski definition) is 11. The zero-order valence-corrected chi connectivity index (χ0v) is 15.9. The first-order valence-electron chi connectivity index (χ1n) is 7.65. The second-order valence-electron chi connectivity index (χ2n) is 5.66. The van der Waals surface area contributed by atoms with E-state index in [1.807, 2.05) is 0 Å². The lowest BCUT2D eigenvalue weighted by Crippen LogP contribution is -2.64. The Bertz CT molecular complexity index is 704. The number of carbonyl (C=O) groups is 4. The molecule has 27 heavy (non-hydrogen) atoms. The number of nitrogens with two attached hydrogens (primary N) is 1. The Morgan fingerprint density at radius 3 is 1.67 bits per heavy atom. The van der Waals surface area contributed by atoms with Crippen molar-refractivity contribution < 1.29 is 51.3 Å². The van der Waals surface area contributed by atoms with Gasteiger partial charge in [0.1, 0.15) is 12.7 Å². The van der Waals surface area contributed by atoms with Crippen LogP contribution < -0.4 is 5.14 Å². The lowest BCUT2D eigenvalue weighted by atomic mass is 9.99. The van der Waals surface area contributed by atoms with Crippen molar-refractivity contribution in [3.8, 4) is 0 Å². The summed E-state index contributed by atoms with van der Waals surface area (Å²) >= 11 is 0. The molecule has 0 aromatic carbocycles. The average Bonchev–Trinajstić information content (AvgIpc) is 2.46. The molecule has 0 spiro atoms. The van der Waals surface area contributed by atoms with Crippen molar-refractivity contribution in [2.24, 2.45) is 5.14 Å². The maximum absolute atomic E-state index is 11.9. The molecule has 1 aliphatic rings. The molecule has 1 rings (SSSR count). The monoisotopic (exact) mass is 411 g/mol. The number of hydrogen-bond donors (Lipinski definition) is 1. The molecule has 1 heterocycles. The van der Waals surface area contributed by atoms with Gasteiger partial charge in [0.2, 0.25) is 15.5 Å². The van der Waals surface area contributed by atoms with Crippen LogP contribution in [0.1, 0.15) is 27.7 Å². The number of ether oxygens (including phenoxy) is 5. The molecule has 1 aliphatic heterocycles. The van der Waals surface area contributed by atoms with Crippen molar-refractivity contribution in [2.45, 2.75) is 57.5 Å². The fourth-order valence-corrected chi connectivity index (χ4v) is 3.34. The Labute approximate surface area is 155 Å². The van der Waals surface area contributed by atoms with Gasteiger partial charge < -0.3 is 23.7 Å². The number of carbonyl (C=O) groups excluding carboxylic acids is 4. The van der Waals surface area contributed by atoms with Gasteiger partial charge in [-0.1, -0.05) is 0 Å². The molecule has 0 unspecified atom stereocenters. The zero-order chi connectivity index (χ0) is 20.9. The average molecular weight is 411 g/mol. The highest BCUT2D eigenvalue weighted by Gasteiger charge is 2.55. The molecule has 12 nitrogen and oxygen atoms in total. The first-order valence-corrected chi connectivity index (χ1v) is 9.26. The van der Waals surface area contributed by atoms with Gasteiger partial charge in [-0.15, -0.1) is 0 Å². The molecule has 0 saturated carbocycles. The van der Waals surface area contributed by atoms with Gasteiger partial charge in [0.25, 0.3) is 0 Å². The van der Waals surface area contributed by atoms with Gasteiger partial charge in [-0.2, -0.15) is 0 Å². The van der Waals surface area contributed by atoms with Crippen molar-refractivity contribution in [3.63, 3.8) is 0 Å². The molecule has 13 heteroatoms. The van der Waals surface area contributed by atoms with Crippen molar-refractivity contribution >= 4 is 33.9 Å². The van der Waals surface area contributed by atoms with E-state index in [1.165, 1.54) is 0 Å². The van der Waals surface area contributed by atoms with Gasteiger partial charge in [-0.05, 0) is 0 Å². The van der Waals surface area contributed by atoms with Crippen LogP contribution in [0.2, 0.25) is 0 Å². The predicted molar refractivity (Wildman–Crippen MR) is 85.1 cm³/mol. The van der Waals surface area contributed by atoms with Crippen LogP contribution in [0.15, 0.2) is 0 Å².